The number of aryl methyl sites for hydroxylation is 2. The SMILES string of the molecule is CSCCC(O)c1c(C)cc(C(C)(C)C)cc1C. The Labute approximate surface area is 116 Å². The van der Waals surface area contributed by atoms with E-state index in [2.05, 4.69) is 53.0 Å². The van der Waals surface area contributed by atoms with E-state index in [1.54, 1.807) is 11.8 Å². The molecule has 0 saturated heterocycles. The van der Waals surface area contributed by atoms with Gasteiger partial charge in [-0.15, -0.1) is 0 Å². The first-order chi connectivity index (χ1) is 8.27. The predicted octanol–water partition coefficient (Wildman–Crippen LogP) is 4.39. The first kappa shape index (κ1) is 15.6. The molecule has 0 heterocycles. The highest BCUT2D eigenvalue weighted by atomic mass is 32.2. The van der Waals surface area contributed by atoms with E-state index in [4.69, 9.17) is 0 Å². The van der Waals surface area contributed by atoms with Crippen molar-refractivity contribution in [3.63, 3.8) is 0 Å². The summed E-state index contributed by atoms with van der Waals surface area (Å²) in [5, 5.41) is 10.3. The molecule has 1 unspecified atom stereocenters. The third kappa shape index (κ3) is 3.76. The van der Waals surface area contributed by atoms with Crippen LogP contribution in [-0.2, 0) is 5.41 Å². The van der Waals surface area contributed by atoms with E-state index < -0.39 is 0 Å². The van der Waals surface area contributed by atoms with Crippen molar-refractivity contribution in [3.8, 4) is 0 Å². The summed E-state index contributed by atoms with van der Waals surface area (Å²) >= 11 is 1.78. The van der Waals surface area contributed by atoms with Crippen LogP contribution in [0.1, 0.15) is 55.5 Å². The minimum Gasteiger partial charge on any atom is -0.388 e. The molecular weight excluding hydrogens is 240 g/mol. The average molecular weight is 266 g/mol. The van der Waals surface area contributed by atoms with E-state index in [0.717, 1.165) is 17.7 Å². The van der Waals surface area contributed by atoms with E-state index in [1.807, 2.05) is 0 Å². The Morgan fingerprint density at radius 1 is 1.17 bits per heavy atom. The van der Waals surface area contributed by atoms with Crippen LogP contribution in [0.5, 0.6) is 0 Å². The van der Waals surface area contributed by atoms with Crippen LogP contribution in [0.4, 0.5) is 0 Å². The molecule has 0 spiro atoms. The van der Waals surface area contributed by atoms with Crippen LogP contribution in [0.15, 0.2) is 12.1 Å². The molecule has 0 fully saturated rings. The fourth-order valence-corrected chi connectivity index (χ4v) is 2.77. The fourth-order valence-electron chi connectivity index (χ4n) is 2.31. The van der Waals surface area contributed by atoms with Gasteiger partial charge in [0, 0.05) is 0 Å². The maximum atomic E-state index is 10.3. The zero-order valence-corrected chi connectivity index (χ0v) is 13.3. The zero-order valence-electron chi connectivity index (χ0n) is 12.5. The zero-order chi connectivity index (χ0) is 13.9. The average Bonchev–Trinajstić information content (AvgIpc) is 2.24. The maximum absolute atomic E-state index is 10.3. The molecule has 2 heteroatoms. The van der Waals surface area contributed by atoms with E-state index in [-0.39, 0.29) is 11.5 Å². The van der Waals surface area contributed by atoms with Gasteiger partial charge in [-0.2, -0.15) is 11.8 Å². The van der Waals surface area contributed by atoms with E-state index in [1.165, 1.54) is 16.7 Å². The van der Waals surface area contributed by atoms with Crippen molar-refractivity contribution in [3.05, 3.63) is 34.4 Å². The molecule has 1 rings (SSSR count). The van der Waals surface area contributed by atoms with Crippen LogP contribution in [0.25, 0.3) is 0 Å². The summed E-state index contributed by atoms with van der Waals surface area (Å²) in [5.74, 6) is 1.00. The highest BCUT2D eigenvalue weighted by molar-refractivity contribution is 7.98. The van der Waals surface area contributed by atoms with Crippen LogP contribution in [0.3, 0.4) is 0 Å². The highest BCUT2D eigenvalue weighted by Crippen LogP contribution is 2.31. The van der Waals surface area contributed by atoms with Crippen LogP contribution < -0.4 is 0 Å². The lowest BCUT2D eigenvalue weighted by Gasteiger charge is -2.24. The second-order valence-electron chi connectivity index (χ2n) is 6.07. The van der Waals surface area contributed by atoms with Crippen molar-refractivity contribution >= 4 is 11.8 Å². The summed E-state index contributed by atoms with van der Waals surface area (Å²) in [6, 6.07) is 4.45. The monoisotopic (exact) mass is 266 g/mol. The molecule has 102 valence electrons. The van der Waals surface area contributed by atoms with E-state index >= 15 is 0 Å². The minimum atomic E-state index is -0.327. The minimum absolute atomic E-state index is 0.165. The molecule has 1 N–H and O–H groups in total. The van der Waals surface area contributed by atoms with Gasteiger partial charge in [-0.05, 0) is 59.9 Å². The fraction of sp³-hybridized carbons (Fsp3) is 0.625. The number of aliphatic hydroxyl groups excluding tert-OH is 1. The number of benzene rings is 1. The first-order valence-electron chi connectivity index (χ1n) is 6.56. The van der Waals surface area contributed by atoms with Crippen LogP contribution in [0.2, 0.25) is 0 Å². The number of hydrogen-bond acceptors (Lipinski definition) is 2. The van der Waals surface area contributed by atoms with Gasteiger partial charge < -0.3 is 5.11 Å². The van der Waals surface area contributed by atoms with Crippen LogP contribution in [0, 0.1) is 13.8 Å². The number of hydrogen-bond donors (Lipinski definition) is 1. The summed E-state index contributed by atoms with van der Waals surface area (Å²) in [5.41, 5.74) is 5.07. The summed E-state index contributed by atoms with van der Waals surface area (Å²) in [6.07, 6.45) is 2.58. The Kier molecular flexibility index (Phi) is 5.30. The van der Waals surface area contributed by atoms with Crippen molar-refractivity contribution in [2.45, 2.75) is 52.6 Å². The lowest BCUT2D eigenvalue weighted by atomic mass is 9.83. The van der Waals surface area contributed by atoms with Gasteiger partial charge in [0.15, 0.2) is 0 Å². The molecule has 0 radical (unpaired) electrons. The largest absolute Gasteiger partial charge is 0.388 e. The second-order valence-corrected chi connectivity index (χ2v) is 7.06. The summed E-state index contributed by atoms with van der Waals surface area (Å²) in [7, 11) is 0. The number of aliphatic hydroxyl groups is 1. The molecule has 0 aromatic heterocycles. The molecule has 1 atom stereocenters. The summed E-state index contributed by atoms with van der Waals surface area (Å²) in [4.78, 5) is 0. The predicted molar refractivity (Wildman–Crippen MR) is 82.6 cm³/mol. The van der Waals surface area contributed by atoms with Crippen molar-refractivity contribution in [1.29, 1.82) is 0 Å². The van der Waals surface area contributed by atoms with Gasteiger partial charge in [0.1, 0.15) is 0 Å². The van der Waals surface area contributed by atoms with Gasteiger partial charge in [-0.25, -0.2) is 0 Å². The van der Waals surface area contributed by atoms with Gasteiger partial charge in [-0.1, -0.05) is 32.9 Å². The first-order valence-corrected chi connectivity index (χ1v) is 7.95. The Morgan fingerprint density at radius 3 is 2.06 bits per heavy atom. The molecule has 0 aliphatic heterocycles. The van der Waals surface area contributed by atoms with Gasteiger partial charge in [0.2, 0.25) is 0 Å². The van der Waals surface area contributed by atoms with Crippen LogP contribution in [-0.4, -0.2) is 17.1 Å². The van der Waals surface area contributed by atoms with Gasteiger partial charge in [-0.3, -0.25) is 0 Å². The molecule has 0 bridgehead atoms. The van der Waals surface area contributed by atoms with E-state index in [9.17, 15) is 5.11 Å². The van der Waals surface area contributed by atoms with E-state index in [0.29, 0.717) is 0 Å². The molecule has 0 saturated carbocycles. The third-order valence-corrected chi connectivity index (χ3v) is 4.03. The lowest BCUT2D eigenvalue weighted by Crippen LogP contribution is -2.13. The molecule has 0 amide bonds. The Morgan fingerprint density at radius 2 is 1.67 bits per heavy atom. The molecule has 18 heavy (non-hydrogen) atoms. The summed E-state index contributed by atoms with van der Waals surface area (Å²) < 4.78 is 0. The smallest absolute Gasteiger partial charge is 0.0803 e. The molecule has 1 nitrogen and oxygen atoms in total. The molecule has 0 aliphatic rings. The van der Waals surface area contributed by atoms with Gasteiger partial charge in [0.25, 0.3) is 0 Å². The van der Waals surface area contributed by atoms with Crippen molar-refractivity contribution in [2.75, 3.05) is 12.0 Å². The third-order valence-electron chi connectivity index (χ3n) is 3.39. The Bertz CT molecular complexity index is 381. The van der Waals surface area contributed by atoms with Crippen LogP contribution >= 0.6 is 11.8 Å². The standard InChI is InChI=1S/C16H26OS/c1-11-9-13(16(3,4)5)10-12(2)15(11)14(17)7-8-18-6/h9-10,14,17H,7-8H2,1-6H3. The summed E-state index contributed by atoms with van der Waals surface area (Å²) in [6.45, 7) is 10.9. The quantitative estimate of drug-likeness (QED) is 0.872. The molecule has 0 aliphatic carbocycles. The van der Waals surface area contributed by atoms with Crippen molar-refractivity contribution in [2.24, 2.45) is 0 Å². The second kappa shape index (κ2) is 6.12. The lowest BCUT2D eigenvalue weighted by molar-refractivity contribution is 0.173. The van der Waals surface area contributed by atoms with Crippen molar-refractivity contribution in [1.82, 2.24) is 0 Å². The number of rotatable bonds is 4. The Balaban J connectivity index is 3.09. The number of thioether (sulfide) groups is 1. The molecule has 1 aromatic carbocycles. The van der Waals surface area contributed by atoms with Gasteiger partial charge >= 0.3 is 0 Å². The molecular formula is C16H26OS. The highest BCUT2D eigenvalue weighted by Gasteiger charge is 2.19. The normalized spacial score (nSPS) is 13.7. The topological polar surface area (TPSA) is 20.2 Å². The van der Waals surface area contributed by atoms with Crippen molar-refractivity contribution < 1.29 is 5.11 Å². The van der Waals surface area contributed by atoms with Gasteiger partial charge in [0.05, 0.1) is 6.10 Å². The maximum Gasteiger partial charge on any atom is 0.0803 e. The Hall–Kier alpha value is -0.470. The molecule has 1 aromatic rings.